The molecule has 3 aliphatic heterocycles. The molecular weight excluding hydrogens is 248 g/mol. The van der Waals surface area contributed by atoms with Crippen molar-refractivity contribution in [2.45, 2.75) is 89.1 Å². The molecule has 3 rings (SSSR count). The van der Waals surface area contributed by atoms with Crippen LogP contribution in [0.5, 0.6) is 0 Å². The lowest BCUT2D eigenvalue weighted by Gasteiger charge is -2.48. The number of ether oxygens (including phenoxy) is 1. The summed E-state index contributed by atoms with van der Waals surface area (Å²) in [5.74, 6) is 0.650. The Morgan fingerprint density at radius 2 is 1.70 bits per heavy atom. The Kier molecular flexibility index (Phi) is 4.68. The molecule has 3 saturated heterocycles. The maximum absolute atomic E-state index is 5.90. The fourth-order valence-electron chi connectivity index (χ4n) is 4.53. The molecule has 0 aliphatic carbocycles. The lowest BCUT2D eigenvalue weighted by Crippen LogP contribution is -2.56. The first-order valence-corrected chi connectivity index (χ1v) is 8.73. The van der Waals surface area contributed by atoms with Crippen molar-refractivity contribution in [3.05, 3.63) is 0 Å². The van der Waals surface area contributed by atoms with Gasteiger partial charge in [0.2, 0.25) is 0 Å². The third-order valence-electron chi connectivity index (χ3n) is 5.87. The van der Waals surface area contributed by atoms with Gasteiger partial charge < -0.3 is 15.0 Å². The predicted octanol–water partition coefficient (Wildman–Crippen LogP) is 2.79. The van der Waals surface area contributed by atoms with Gasteiger partial charge in [-0.3, -0.25) is 0 Å². The van der Waals surface area contributed by atoms with Crippen molar-refractivity contribution >= 4 is 0 Å². The Hall–Kier alpha value is -0.120. The van der Waals surface area contributed by atoms with Crippen LogP contribution in [0.15, 0.2) is 0 Å². The lowest BCUT2D eigenvalue weighted by atomic mass is 9.81. The van der Waals surface area contributed by atoms with Crippen LogP contribution in [0.1, 0.15) is 58.8 Å². The summed E-state index contributed by atoms with van der Waals surface area (Å²) in [6.45, 7) is 5.51. The summed E-state index contributed by atoms with van der Waals surface area (Å²) in [6, 6.07) is 3.10. The Labute approximate surface area is 124 Å². The molecule has 3 fully saturated rings. The van der Waals surface area contributed by atoms with Gasteiger partial charge in [0.25, 0.3) is 0 Å². The number of piperidine rings is 2. The van der Waals surface area contributed by atoms with E-state index in [1.165, 1.54) is 44.9 Å². The molecule has 0 aromatic carbocycles. The third-order valence-corrected chi connectivity index (χ3v) is 5.87. The zero-order valence-electron chi connectivity index (χ0n) is 13.5. The Morgan fingerprint density at radius 3 is 2.35 bits per heavy atom. The van der Waals surface area contributed by atoms with Crippen molar-refractivity contribution in [2.24, 2.45) is 5.92 Å². The van der Waals surface area contributed by atoms with Crippen LogP contribution in [0, 0.1) is 5.92 Å². The van der Waals surface area contributed by atoms with Crippen molar-refractivity contribution in [2.75, 3.05) is 13.7 Å². The fraction of sp³-hybridized carbons (Fsp3) is 1.00. The third kappa shape index (κ3) is 3.20. The first kappa shape index (κ1) is 14.8. The molecule has 0 aromatic heterocycles. The topological polar surface area (TPSA) is 24.5 Å². The molecular formula is C17H32N2O. The molecule has 0 aromatic rings. The second-order valence-corrected chi connectivity index (χ2v) is 7.61. The van der Waals surface area contributed by atoms with Gasteiger partial charge in [-0.2, -0.15) is 0 Å². The fourth-order valence-corrected chi connectivity index (χ4v) is 4.53. The molecule has 2 bridgehead atoms. The van der Waals surface area contributed by atoms with E-state index < -0.39 is 0 Å². The van der Waals surface area contributed by atoms with Crippen LogP contribution >= 0.6 is 0 Å². The van der Waals surface area contributed by atoms with Crippen LogP contribution in [0.3, 0.4) is 0 Å². The van der Waals surface area contributed by atoms with Gasteiger partial charge in [0.05, 0.1) is 6.10 Å². The Bertz CT molecular complexity index is 306. The van der Waals surface area contributed by atoms with Gasteiger partial charge in [-0.25, -0.2) is 0 Å². The highest BCUT2D eigenvalue weighted by molar-refractivity contribution is 4.95. The molecule has 3 nitrogen and oxygen atoms in total. The highest BCUT2D eigenvalue weighted by Crippen LogP contribution is 2.33. The number of nitrogens with zero attached hydrogens (tertiary/aromatic N) is 1. The molecule has 4 unspecified atom stereocenters. The van der Waals surface area contributed by atoms with Crippen molar-refractivity contribution in [3.63, 3.8) is 0 Å². The van der Waals surface area contributed by atoms with Crippen LogP contribution in [-0.4, -0.2) is 48.8 Å². The summed E-state index contributed by atoms with van der Waals surface area (Å²) < 4.78 is 5.90. The summed E-state index contributed by atoms with van der Waals surface area (Å²) in [5, 5.41) is 3.99. The van der Waals surface area contributed by atoms with Crippen LogP contribution < -0.4 is 5.32 Å². The summed E-state index contributed by atoms with van der Waals surface area (Å²) in [4.78, 5) is 2.66. The SMILES string of the molecule is CC(C)C1CC(NC2CC3CCCC(C2)N3C)CCO1. The van der Waals surface area contributed by atoms with Gasteiger partial charge >= 0.3 is 0 Å². The van der Waals surface area contributed by atoms with Gasteiger partial charge in [-0.05, 0) is 51.5 Å². The number of rotatable bonds is 3. The van der Waals surface area contributed by atoms with E-state index in [1.54, 1.807) is 0 Å². The average Bonchev–Trinajstić information content (AvgIpc) is 2.40. The smallest absolute Gasteiger partial charge is 0.0612 e. The summed E-state index contributed by atoms with van der Waals surface area (Å²) in [6.07, 6.45) is 9.85. The van der Waals surface area contributed by atoms with Crippen LogP contribution in [0.4, 0.5) is 0 Å². The second kappa shape index (κ2) is 6.33. The molecule has 0 saturated carbocycles. The predicted molar refractivity (Wildman–Crippen MR) is 82.9 cm³/mol. The van der Waals surface area contributed by atoms with Crippen molar-refractivity contribution in [3.8, 4) is 0 Å². The van der Waals surface area contributed by atoms with Crippen molar-refractivity contribution in [1.29, 1.82) is 0 Å². The van der Waals surface area contributed by atoms with Crippen LogP contribution in [-0.2, 0) is 4.74 Å². The molecule has 0 amide bonds. The van der Waals surface area contributed by atoms with Gasteiger partial charge in [0.15, 0.2) is 0 Å². The van der Waals surface area contributed by atoms with E-state index in [4.69, 9.17) is 4.74 Å². The Balaban J connectivity index is 1.53. The zero-order valence-corrected chi connectivity index (χ0v) is 13.5. The van der Waals surface area contributed by atoms with Gasteiger partial charge in [0, 0.05) is 30.8 Å². The van der Waals surface area contributed by atoms with E-state index in [0.29, 0.717) is 18.1 Å². The summed E-state index contributed by atoms with van der Waals surface area (Å²) in [7, 11) is 2.34. The average molecular weight is 280 g/mol. The van der Waals surface area contributed by atoms with Crippen LogP contribution in [0.25, 0.3) is 0 Å². The molecule has 116 valence electrons. The van der Waals surface area contributed by atoms with E-state index in [9.17, 15) is 0 Å². The monoisotopic (exact) mass is 280 g/mol. The van der Waals surface area contributed by atoms with Crippen LogP contribution in [0.2, 0.25) is 0 Å². The number of hydrogen-bond donors (Lipinski definition) is 1. The highest BCUT2D eigenvalue weighted by Gasteiger charge is 2.37. The highest BCUT2D eigenvalue weighted by atomic mass is 16.5. The molecule has 3 heterocycles. The molecule has 3 aliphatic rings. The molecule has 4 atom stereocenters. The number of nitrogens with one attached hydrogen (secondary N) is 1. The first-order valence-electron chi connectivity index (χ1n) is 8.73. The van der Waals surface area contributed by atoms with Crippen molar-refractivity contribution in [1.82, 2.24) is 10.2 Å². The summed E-state index contributed by atoms with van der Waals surface area (Å²) >= 11 is 0. The molecule has 0 radical (unpaired) electrons. The minimum Gasteiger partial charge on any atom is -0.378 e. The molecule has 0 spiro atoms. The number of fused-ring (bicyclic) bond motifs is 2. The van der Waals surface area contributed by atoms with E-state index in [-0.39, 0.29) is 0 Å². The molecule has 3 heteroatoms. The minimum absolute atomic E-state index is 0.465. The first-order chi connectivity index (χ1) is 9.63. The second-order valence-electron chi connectivity index (χ2n) is 7.61. The molecule has 1 N–H and O–H groups in total. The summed E-state index contributed by atoms with van der Waals surface area (Å²) in [5.41, 5.74) is 0. The van der Waals surface area contributed by atoms with E-state index >= 15 is 0 Å². The standard InChI is InChI=1S/C17H32N2O/c1-12(2)17-11-13(7-8-20-17)18-14-9-15-5-4-6-16(10-14)19(15)3/h12-18H,4-11H2,1-3H3. The quantitative estimate of drug-likeness (QED) is 0.860. The maximum Gasteiger partial charge on any atom is 0.0612 e. The van der Waals surface area contributed by atoms with Gasteiger partial charge in [-0.1, -0.05) is 20.3 Å². The van der Waals surface area contributed by atoms with Gasteiger partial charge in [0.1, 0.15) is 0 Å². The lowest BCUT2D eigenvalue weighted by molar-refractivity contribution is -0.0303. The van der Waals surface area contributed by atoms with E-state index in [1.807, 2.05) is 0 Å². The van der Waals surface area contributed by atoms with E-state index in [2.05, 4.69) is 31.1 Å². The largest absolute Gasteiger partial charge is 0.378 e. The maximum atomic E-state index is 5.90. The van der Waals surface area contributed by atoms with E-state index in [0.717, 1.165) is 24.7 Å². The zero-order chi connectivity index (χ0) is 14.1. The minimum atomic E-state index is 0.465. The number of hydrogen-bond acceptors (Lipinski definition) is 3. The van der Waals surface area contributed by atoms with Crippen molar-refractivity contribution < 1.29 is 4.74 Å². The Morgan fingerprint density at radius 1 is 1.00 bits per heavy atom. The van der Waals surface area contributed by atoms with Gasteiger partial charge in [-0.15, -0.1) is 0 Å². The molecule has 20 heavy (non-hydrogen) atoms. The normalized spacial score (nSPS) is 42.9.